The van der Waals surface area contributed by atoms with Gasteiger partial charge in [0.05, 0.1) is 19.7 Å². The number of amides is 1. The quantitative estimate of drug-likeness (QED) is 0.820. The van der Waals surface area contributed by atoms with Crippen LogP contribution in [-0.4, -0.2) is 37.0 Å². The Morgan fingerprint density at radius 1 is 1.47 bits per heavy atom. The van der Waals surface area contributed by atoms with Crippen molar-refractivity contribution in [2.75, 3.05) is 26.2 Å². The third-order valence-electron chi connectivity index (χ3n) is 3.19. The van der Waals surface area contributed by atoms with E-state index in [2.05, 4.69) is 0 Å². The van der Waals surface area contributed by atoms with Crippen molar-refractivity contribution in [1.29, 1.82) is 0 Å². The molecular formula is C13H18N2O2. The summed E-state index contributed by atoms with van der Waals surface area (Å²) in [5.41, 5.74) is 6.06. The molecule has 0 unspecified atom stereocenters. The number of hydrogen-bond donors (Lipinski definition) is 1. The molecule has 92 valence electrons. The number of benzene rings is 1. The van der Waals surface area contributed by atoms with E-state index in [0.717, 1.165) is 5.56 Å². The van der Waals surface area contributed by atoms with Gasteiger partial charge in [0, 0.05) is 6.54 Å². The van der Waals surface area contributed by atoms with Crippen molar-refractivity contribution in [3.8, 4) is 0 Å². The Bertz CT molecular complexity index is 394. The molecule has 0 aliphatic carbocycles. The smallest absolute Gasteiger partial charge is 0.236 e. The zero-order valence-corrected chi connectivity index (χ0v) is 10.1. The first-order valence-electron chi connectivity index (χ1n) is 5.83. The summed E-state index contributed by atoms with van der Waals surface area (Å²) in [5.74, 6) is -0.0181. The fourth-order valence-electron chi connectivity index (χ4n) is 2.18. The number of morpholine rings is 1. The second kappa shape index (κ2) is 4.85. The lowest BCUT2D eigenvalue weighted by atomic mass is 9.94. The molecule has 1 heterocycles. The van der Waals surface area contributed by atoms with Crippen molar-refractivity contribution < 1.29 is 9.53 Å². The van der Waals surface area contributed by atoms with E-state index in [-0.39, 0.29) is 12.5 Å². The fourth-order valence-corrected chi connectivity index (χ4v) is 2.18. The highest BCUT2D eigenvalue weighted by molar-refractivity contribution is 5.78. The largest absolute Gasteiger partial charge is 0.367 e. The predicted octanol–water partition coefficient (Wildman–Crippen LogP) is 0.719. The van der Waals surface area contributed by atoms with E-state index in [1.54, 1.807) is 4.90 Å². The van der Waals surface area contributed by atoms with Gasteiger partial charge in [-0.1, -0.05) is 30.3 Å². The first kappa shape index (κ1) is 12.1. The minimum absolute atomic E-state index is 0.0181. The number of carbonyl (C=O) groups excluding carboxylic acids is 1. The Morgan fingerprint density at radius 2 is 2.18 bits per heavy atom. The van der Waals surface area contributed by atoms with Crippen LogP contribution in [0.1, 0.15) is 12.5 Å². The van der Waals surface area contributed by atoms with Gasteiger partial charge in [0.25, 0.3) is 0 Å². The molecule has 1 fully saturated rings. The molecule has 0 radical (unpaired) electrons. The Morgan fingerprint density at radius 3 is 2.82 bits per heavy atom. The summed E-state index contributed by atoms with van der Waals surface area (Å²) in [7, 11) is 0. The minimum Gasteiger partial charge on any atom is -0.367 e. The molecule has 1 aromatic carbocycles. The molecular weight excluding hydrogens is 216 g/mol. The first-order chi connectivity index (χ1) is 8.15. The summed E-state index contributed by atoms with van der Waals surface area (Å²) in [4.78, 5) is 13.4. The summed E-state index contributed by atoms with van der Waals surface area (Å²) in [6.07, 6.45) is 0. The van der Waals surface area contributed by atoms with Crippen molar-refractivity contribution in [3.05, 3.63) is 35.9 Å². The molecule has 0 saturated carbocycles. The van der Waals surface area contributed by atoms with Gasteiger partial charge in [-0.2, -0.15) is 0 Å². The minimum atomic E-state index is -0.426. The maximum absolute atomic E-state index is 11.6. The second-order valence-corrected chi connectivity index (χ2v) is 4.46. The highest BCUT2D eigenvalue weighted by Crippen LogP contribution is 2.29. The molecule has 0 aromatic heterocycles. The van der Waals surface area contributed by atoms with E-state index < -0.39 is 5.60 Å². The van der Waals surface area contributed by atoms with E-state index in [4.69, 9.17) is 10.5 Å². The molecule has 0 bridgehead atoms. The molecule has 17 heavy (non-hydrogen) atoms. The lowest BCUT2D eigenvalue weighted by molar-refractivity contribution is -0.148. The molecule has 4 heteroatoms. The summed E-state index contributed by atoms with van der Waals surface area (Å²) < 4.78 is 5.84. The lowest BCUT2D eigenvalue weighted by Gasteiger charge is -2.40. The number of hydrogen-bond acceptors (Lipinski definition) is 3. The lowest BCUT2D eigenvalue weighted by Crippen LogP contribution is -2.51. The second-order valence-electron chi connectivity index (χ2n) is 4.46. The van der Waals surface area contributed by atoms with E-state index in [9.17, 15) is 4.79 Å². The zero-order valence-electron chi connectivity index (χ0n) is 10.1. The van der Waals surface area contributed by atoms with E-state index in [0.29, 0.717) is 19.7 Å². The molecule has 1 aromatic rings. The topological polar surface area (TPSA) is 55.6 Å². The van der Waals surface area contributed by atoms with Gasteiger partial charge in [0.2, 0.25) is 5.91 Å². The van der Waals surface area contributed by atoms with Crippen molar-refractivity contribution in [1.82, 2.24) is 4.90 Å². The van der Waals surface area contributed by atoms with Gasteiger partial charge in [-0.3, -0.25) is 4.79 Å². The Kier molecular flexibility index (Phi) is 3.45. The van der Waals surface area contributed by atoms with E-state index in [1.165, 1.54) is 0 Å². The fraction of sp³-hybridized carbons (Fsp3) is 0.462. The van der Waals surface area contributed by atoms with Crippen LogP contribution < -0.4 is 5.73 Å². The average Bonchev–Trinajstić information content (AvgIpc) is 2.39. The van der Waals surface area contributed by atoms with Crippen LogP contribution in [0.2, 0.25) is 0 Å². The molecule has 2 rings (SSSR count). The number of nitrogens with two attached hydrogens (primary N) is 1. The number of nitrogens with zero attached hydrogens (tertiary/aromatic N) is 1. The third-order valence-corrected chi connectivity index (χ3v) is 3.19. The van der Waals surface area contributed by atoms with E-state index >= 15 is 0 Å². The van der Waals surface area contributed by atoms with Crippen LogP contribution in [-0.2, 0) is 15.1 Å². The molecule has 1 aliphatic heterocycles. The van der Waals surface area contributed by atoms with Gasteiger partial charge in [-0.15, -0.1) is 0 Å². The van der Waals surface area contributed by atoms with Crippen LogP contribution in [0.3, 0.4) is 0 Å². The van der Waals surface area contributed by atoms with Crippen LogP contribution in [0.5, 0.6) is 0 Å². The van der Waals surface area contributed by atoms with Crippen LogP contribution in [0.25, 0.3) is 0 Å². The average molecular weight is 234 g/mol. The molecule has 0 spiro atoms. The first-order valence-corrected chi connectivity index (χ1v) is 5.83. The van der Waals surface area contributed by atoms with Crippen molar-refractivity contribution in [2.45, 2.75) is 12.5 Å². The summed E-state index contributed by atoms with van der Waals surface area (Å²) in [6.45, 7) is 3.81. The highest BCUT2D eigenvalue weighted by atomic mass is 16.5. The van der Waals surface area contributed by atoms with Crippen molar-refractivity contribution in [2.24, 2.45) is 5.73 Å². The van der Waals surface area contributed by atoms with Crippen LogP contribution >= 0.6 is 0 Å². The highest BCUT2D eigenvalue weighted by Gasteiger charge is 2.35. The Hall–Kier alpha value is -1.39. The van der Waals surface area contributed by atoms with Gasteiger partial charge < -0.3 is 15.4 Å². The number of ether oxygens (including phenoxy) is 1. The maximum Gasteiger partial charge on any atom is 0.236 e. The summed E-state index contributed by atoms with van der Waals surface area (Å²) in [6, 6.07) is 9.98. The normalized spacial score (nSPS) is 24.7. The molecule has 1 aliphatic rings. The standard InChI is InChI=1S/C13H18N2O2/c1-13(11-5-3-2-4-6-11)10-15(7-8-17-13)12(16)9-14/h2-6H,7-10,14H2,1H3/t13-/m0/s1. The monoisotopic (exact) mass is 234 g/mol. The number of carbonyl (C=O) groups is 1. The van der Waals surface area contributed by atoms with Crippen LogP contribution in [0.4, 0.5) is 0 Å². The van der Waals surface area contributed by atoms with Gasteiger partial charge in [-0.05, 0) is 12.5 Å². The molecule has 1 saturated heterocycles. The Labute approximate surface area is 101 Å². The van der Waals surface area contributed by atoms with E-state index in [1.807, 2.05) is 37.3 Å². The third kappa shape index (κ3) is 2.48. The Balaban J connectivity index is 2.18. The van der Waals surface area contributed by atoms with Gasteiger partial charge >= 0.3 is 0 Å². The predicted molar refractivity (Wildman–Crippen MR) is 65.4 cm³/mol. The van der Waals surface area contributed by atoms with Crippen LogP contribution in [0.15, 0.2) is 30.3 Å². The molecule has 1 atom stereocenters. The zero-order chi connectivity index (χ0) is 12.3. The van der Waals surface area contributed by atoms with Gasteiger partial charge in [0.1, 0.15) is 5.60 Å². The SMILES string of the molecule is C[C@@]1(c2ccccc2)CN(C(=O)CN)CCO1. The van der Waals surface area contributed by atoms with Gasteiger partial charge in [-0.25, -0.2) is 0 Å². The molecule has 2 N–H and O–H groups in total. The van der Waals surface area contributed by atoms with Gasteiger partial charge in [0.15, 0.2) is 0 Å². The maximum atomic E-state index is 11.6. The van der Waals surface area contributed by atoms with Crippen molar-refractivity contribution >= 4 is 5.91 Å². The molecule has 4 nitrogen and oxygen atoms in total. The van der Waals surface area contributed by atoms with Crippen LogP contribution in [0, 0.1) is 0 Å². The van der Waals surface area contributed by atoms with Crippen molar-refractivity contribution in [3.63, 3.8) is 0 Å². The summed E-state index contributed by atoms with van der Waals surface area (Å²) >= 11 is 0. The number of rotatable bonds is 2. The summed E-state index contributed by atoms with van der Waals surface area (Å²) in [5, 5.41) is 0. The molecule has 1 amide bonds.